The summed E-state index contributed by atoms with van der Waals surface area (Å²) in [5.74, 6) is 0.294. The topological polar surface area (TPSA) is 59.0 Å². The zero-order chi connectivity index (χ0) is 24.3. The quantitative estimate of drug-likeness (QED) is 0.387. The Kier molecular flexibility index (Phi) is 8.50. The Balaban J connectivity index is 2.78. The second kappa shape index (κ2) is 10.2. The Morgan fingerprint density at radius 3 is 1.69 bits per heavy atom. The van der Waals surface area contributed by atoms with Gasteiger partial charge in [-0.2, -0.15) is 0 Å². The van der Waals surface area contributed by atoms with E-state index in [-0.39, 0.29) is 30.3 Å². The molecule has 0 atom stereocenters. The SMILES string of the molecule is CCOP(=O)(CN(c1ccc(Cl)cc1)c1cc(C(C)(C)C)c(O)c(C(C)(C)C)c1)OCC. The van der Waals surface area contributed by atoms with Crippen LogP contribution in [0.15, 0.2) is 36.4 Å². The fraction of sp³-hybridized carbons (Fsp3) is 0.520. The van der Waals surface area contributed by atoms with Crippen molar-refractivity contribution in [2.45, 2.75) is 66.2 Å². The van der Waals surface area contributed by atoms with Crippen molar-refractivity contribution in [3.63, 3.8) is 0 Å². The van der Waals surface area contributed by atoms with Crippen molar-refractivity contribution in [2.24, 2.45) is 0 Å². The highest BCUT2D eigenvalue weighted by Crippen LogP contribution is 2.52. The standard InChI is InChI=1S/C25H37ClNO4P/c1-9-30-32(29,31-10-2)17-27(19-13-11-18(26)12-14-19)20-15-21(24(3,4)5)23(28)22(16-20)25(6,7)8/h11-16,28H,9-10,17H2,1-8H3. The number of rotatable bonds is 8. The molecule has 0 fully saturated rings. The second-order valence-corrected chi connectivity index (χ2v) is 12.3. The van der Waals surface area contributed by atoms with Crippen LogP contribution in [-0.4, -0.2) is 24.6 Å². The van der Waals surface area contributed by atoms with Crippen LogP contribution in [0.2, 0.25) is 5.02 Å². The number of benzene rings is 2. The van der Waals surface area contributed by atoms with Crippen molar-refractivity contribution in [3.05, 3.63) is 52.5 Å². The third-order valence-electron chi connectivity index (χ3n) is 5.13. The Morgan fingerprint density at radius 2 is 1.31 bits per heavy atom. The molecule has 0 unspecified atom stereocenters. The molecular formula is C25H37ClNO4P. The van der Waals surface area contributed by atoms with Crippen LogP contribution in [0.1, 0.15) is 66.5 Å². The molecule has 0 spiro atoms. The molecule has 0 aromatic heterocycles. The molecule has 2 rings (SSSR count). The predicted octanol–water partition coefficient (Wildman–Crippen LogP) is 8.00. The first-order valence-corrected chi connectivity index (χ1v) is 13.1. The molecule has 2 aromatic rings. The molecule has 1 N–H and O–H groups in total. The third kappa shape index (κ3) is 6.51. The number of halogens is 1. The molecule has 32 heavy (non-hydrogen) atoms. The molecule has 2 aromatic carbocycles. The summed E-state index contributed by atoms with van der Waals surface area (Å²) in [4.78, 5) is 1.92. The van der Waals surface area contributed by atoms with E-state index in [1.807, 2.05) is 29.2 Å². The van der Waals surface area contributed by atoms with E-state index in [1.165, 1.54) is 0 Å². The normalized spacial score (nSPS) is 12.8. The van der Waals surface area contributed by atoms with Gasteiger partial charge in [-0.15, -0.1) is 0 Å². The summed E-state index contributed by atoms with van der Waals surface area (Å²) in [5.41, 5.74) is 2.66. The number of aromatic hydroxyl groups is 1. The van der Waals surface area contributed by atoms with Gasteiger partial charge in [-0.3, -0.25) is 4.57 Å². The maximum Gasteiger partial charge on any atom is 0.350 e. The van der Waals surface area contributed by atoms with Crippen molar-refractivity contribution in [1.29, 1.82) is 0 Å². The first-order valence-electron chi connectivity index (χ1n) is 11.0. The highest BCUT2D eigenvalue weighted by molar-refractivity contribution is 7.54. The third-order valence-corrected chi connectivity index (χ3v) is 7.31. The Labute approximate surface area is 198 Å². The average molecular weight is 482 g/mol. The number of phenolic OH excluding ortho intramolecular Hbond substituents is 1. The first kappa shape index (κ1) is 26.7. The summed E-state index contributed by atoms with van der Waals surface area (Å²) in [5, 5.41) is 11.7. The van der Waals surface area contributed by atoms with E-state index in [4.69, 9.17) is 20.6 Å². The van der Waals surface area contributed by atoms with Crippen molar-refractivity contribution < 1.29 is 18.7 Å². The molecule has 0 saturated heterocycles. The summed E-state index contributed by atoms with van der Waals surface area (Å²) in [7, 11) is -3.41. The molecule has 0 radical (unpaired) electrons. The first-order chi connectivity index (χ1) is 14.7. The monoisotopic (exact) mass is 481 g/mol. The maximum absolute atomic E-state index is 13.5. The van der Waals surface area contributed by atoms with Crippen LogP contribution in [0.25, 0.3) is 0 Å². The van der Waals surface area contributed by atoms with Crippen LogP contribution >= 0.6 is 19.2 Å². The van der Waals surface area contributed by atoms with Gasteiger partial charge in [0.05, 0.1) is 13.2 Å². The van der Waals surface area contributed by atoms with Crippen LogP contribution < -0.4 is 4.90 Å². The Hall–Kier alpha value is -1.52. The van der Waals surface area contributed by atoms with Gasteiger partial charge >= 0.3 is 7.60 Å². The van der Waals surface area contributed by atoms with E-state index >= 15 is 0 Å². The van der Waals surface area contributed by atoms with Gasteiger partial charge in [-0.25, -0.2) is 0 Å². The molecule has 5 nitrogen and oxygen atoms in total. The van der Waals surface area contributed by atoms with Crippen LogP contribution in [0, 0.1) is 0 Å². The highest BCUT2D eigenvalue weighted by Gasteiger charge is 2.32. The smallest absolute Gasteiger partial charge is 0.350 e. The fourth-order valence-electron chi connectivity index (χ4n) is 3.54. The van der Waals surface area contributed by atoms with E-state index < -0.39 is 7.60 Å². The summed E-state index contributed by atoms with van der Waals surface area (Å²) >= 11 is 6.13. The van der Waals surface area contributed by atoms with Crippen molar-refractivity contribution in [1.82, 2.24) is 0 Å². The molecule has 0 amide bonds. The number of hydrogen-bond acceptors (Lipinski definition) is 5. The molecule has 0 saturated carbocycles. The van der Waals surface area contributed by atoms with Gasteiger partial charge in [0.1, 0.15) is 12.0 Å². The summed E-state index contributed by atoms with van der Waals surface area (Å²) in [6.07, 6.45) is 0.0360. The lowest BCUT2D eigenvalue weighted by atomic mass is 9.79. The number of anilines is 2. The molecule has 0 aliphatic carbocycles. The van der Waals surface area contributed by atoms with E-state index in [1.54, 1.807) is 26.0 Å². The zero-order valence-corrected chi connectivity index (χ0v) is 22.2. The fourth-order valence-corrected chi connectivity index (χ4v) is 5.36. The average Bonchev–Trinajstić information content (AvgIpc) is 2.66. The Morgan fingerprint density at radius 1 is 0.875 bits per heavy atom. The van der Waals surface area contributed by atoms with E-state index in [0.717, 1.165) is 22.5 Å². The predicted molar refractivity (Wildman–Crippen MR) is 135 cm³/mol. The summed E-state index contributed by atoms with van der Waals surface area (Å²) in [6, 6.07) is 11.3. The summed E-state index contributed by atoms with van der Waals surface area (Å²) in [6.45, 7) is 16.6. The lowest BCUT2D eigenvalue weighted by Crippen LogP contribution is -2.23. The number of nitrogens with zero attached hydrogens (tertiary/aromatic N) is 1. The largest absolute Gasteiger partial charge is 0.507 e. The van der Waals surface area contributed by atoms with Gasteiger partial charge < -0.3 is 19.1 Å². The molecule has 7 heteroatoms. The van der Waals surface area contributed by atoms with Gasteiger partial charge in [-0.1, -0.05) is 53.1 Å². The van der Waals surface area contributed by atoms with Gasteiger partial charge in [-0.05, 0) is 61.1 Å². The highest BCUT2D eigenvalue weighted by atomic mass is 35.5. The summed E-state index contributed by atoms with van der Waals surface area (Å²) < 4.78 is 24.7. The van der Waals surface area contributed by atoms with E-state index in [2.05, 4.69) is 41.5 Å². The van der Waals surface area contributed by atoms with E-state index in [9.17, 15) is 9.67 Å². The minimum atomic E-state index is -3.41. The van der Waals surface area contributed by atoms with E-state index in [0.29, 0.717) is 10.8 Å². The van der Waals surface area contributed by atoms with Crippen molar-refractivity contribution in [3.8, 4) is 5.75 Å². The molecule has 178 valence electrons. The molecule has 0 bridgehead atoms. The van der Waals surface area contributed by atoms with Crippen LogP contribution in [0.5, 0.6) is 5.75 Å². The lowest BCUT2D eigenvalue weighted by molar-refractivity contribution is 0.220. The van der Waals surface area contributed by atoms with Gasteiger partial charge in [0.25, 0.3) is 0 Å². The zero-order valence-electron chi connectivity index (χ0n) is 20.5. The lowest BCUT2D eigenvalue weighted by Gasteiger charge is -2.33. The number of phenols is 1. The van der Waals surface area contributed by atoms with Gasteiger partial charge in [0.2, 0.25) is 0 Å². The van der Waals surface area contributed by atoms with Crippen LogP contribution in [-0.2, 0) is 24.4 Å². The molecule has 0 aliphatic rings. The second-order valence-electron chi connectivity index (χ2n) is 9.88. The molecule has 0 aliphatic heterocycles. The Bertz CT molecular complexity index is 916. The van der Waals surface area contributed by atoms with Crippen LogP contribution in [0.4, 0.5) is 11.4 Å². The van der Waals surface area contributed by atoms with Crippen molar-refractivity contribution >= 4 is 30.6 Å². The van der Waals surface area contributed by atoms with Crippen LogP contribution in [0.3, 0.4) is 0 Å². The molecule has 0 heterocycles. The number of hydrogen-bond donors (Lipinski definition) is 1. The maximum atomic E-state index is 13.5. The van der Waals surface area contributed by atoms with Gasteiger partial charge in [0.15, 0.2) is 0 Å². The molecular weight excluding hydrogens is 445 g/mol. The minimum absolute atomic E-state index is 0.0360. The minimum Gasteiger partial charge on any atom is -0.507 e. The van der Waals surface area contributed by atoms with Crippen molar-refractivity contribution in [2.75, 3.05) is 24.4 Å². The van der Waals surface area contributed by atoms with Gasteiger partial charge in [0, 0.05) is 27.5 Å².